The van der Waals surface area contributed by atoms with Crippen molar-refractivity contribution in [1.29, 1.82) is 0 Å². The smallest absolute Gasteiger partial charge is 0.335 e. The molecule has 0 aliphatic rings. The predicted octanol–water partition coefficient (Wildman–Crippen LogP) is 3.89. The van der Waals surface area contributed by atoms with Crippen LogP contribution in [0.3, 0.4) is 0 Å². The highest BCUT2D eigenvalue weighted by atomic mass is 32.1. The van der Waals surface area contributed by atoms with E-state index in [4.69, 9.17) is 5.11 Å². The lowest BCUT2D eigenvalue weighted by atomic mass is 10.1. The highest BCUT2D eigenvalue weighted by Crippen LogP contribution is 2.25. The Morgan fingerprint density at radius 1 is 1.25 bits per heavy atom. The molecule has 0 atom stereocenters. The highest BCUT2D eigenvalue weighted by molar-refractivity contribution is 7.18. The van der Waals surface area contributed by atoms with E-state index in [0.29, 0.717) is 5.56 Å². The molecule has 1 N–H and O–H groups in total. The second-order valence-corrected chi connectivity index (χ2v) is 5.81. The number of aryl methyl sites for hydroxylation is 1. The molecule has 0 radical (unpaired) electrons. The van der Waals surface area contributed by atoms with Gasteiger partial charge in [-0.05, 0) is 36.2 Å². The van der Waals surface area contributed by atoms with E-state index in [-0.39, 0.29) is 0 Å². The average molecular weight is 283 g/mol. The number of aromatic nitrogens is 1. The summed E-state index contributed by atoms with van der Waals surface area (Å²) in [5.74, 6) is -0.902. The summed E-state index contributed by atoms with van der Waals surface area (Å²) in [7, 11) is 0. The van der Waals surface area contributed by atoms with Crippen LogP contribution < -0.4 is 0 Å². The van der Waals surface area contributed by atoms with Crippen LogP contribution >= 0.6 is 11.3 Å². The Balaban J connectivity index is 1.97. The van der Waals surface area contributed by atoms with Crippen molar-refractivity contribution in [2.24, 2.45) is 0 Å². The Morgan fingerprint density at radius 2 is 2.05 bits per heavy atom. The fourth-order valence-corrected chi connectivity index (χ4v) is 3.18. The third-order valence-electron chi connectivity index (χ3n) is 3.28. The lowest BCUT2D eigenvalue weighted by Gasteiger charge is -2.01. The maximum absolute atomic E-state index is 11.0. The van der Waals surface area contributed by atoms with Crippen molar-refractivity contribution in [3.63, 3.8) is 0 Å². The van der Waals surface area contributed by atoms with Crippen molar-refractivity contribution in [2.45, 2.75) is 13.3 Å². The van der Waals surface area contributed by atoms with Gasteiger partial charge in [0, 0.05) is 6.42 Å². The Labute approximate surface area is 120 Å². The van der Waals surface area contributed by atoms with E-state index in [2.05, 4.69) is 24.0 Å². The van der Waals surface area contributed by atoms with E-state index in [1.807, 2.05) is 12.1 Å². The van der Waals surface area contributed by atoms with Gasteiger partial charge in [-0.3, -0.25) is 0 Å². The number of rotatable bonds is 3. The molecule has 0 unspecified atom stereocenters. The van der Waals surface area contributed by atoms with Gasteiger partial charge in [0.25, 0.3) is 0 Å². The predicted molar refractivity (Wildman–Crippen MR) is 80.6 cm³/mol. The highest BCUT2D eigenvalue weighted by Gasteiger charge is 2.09. The van der Waals surface area contributed by atoms with Crippen molar-refractivity contribution < 1.29 is 9.90 Å². The van der Waals surface area contributed by atoms with Crippen molar-refractivity contribution in [3.05, 3.63) is 64.2 Å². The van der Waals surface area contributed by atoms with Gasteiger partial charge in [-0.2, -0.15) is 0 Å². The van der Waals surface area contributed by atoms with Crippen molar-refractivity contribution >= 4 is 27.5 Å². The molecule has 4 heteroatoms. The summed E-state index contributed by atoms with van der Waals surface area (Å²) < 4.78 is 0.925. The zero-order valence-corrected chi connectivity index (χ0v) is 11.8. The van der Waals surface area contributed by atoms with Crippen molar-refractivity contribution in [1.82, 2.24) is 4.98 Å². The molecule has 0 fully saturated rings. The first-order chi connectivity index (χ1) is 9.63. The van der Waals surface area contributed by atoms with E-state index < -0.39 is 5.97 Å². The van der Waals surface area contributed by atoms with Crippen molar-refractivity contribution in [3.8, 4) is 0 Å². The van der Waals surface area contributed by atoms with Gasteiger partial charge in [-0.15, -0.1) is 11.3 Å². The summed E-state index contributed by atoms with van der Waals surface area (Å²) in [5, 5.41) is 10.0. The zero-order valence-electron chi connectivity index (χ0n) is 11.0. The molecular weight excluding hydrogens is 270 g/mol. The number of carboxylic acids is 1. The Bertz CT molecular complexity index is 792. The molecule has 3 nitrogen and oxygen atoms in total. The summed E-state index contributed by atoms with van der Waals surface area (Å²) >= 11 is 1.56. The number of hydrogen-bond donors (Lipinski definition) is 1. The summed E-state index contributed by atoms with van der Waals surface area (Å²) in [5.41, 5.74) is 3.68. The van der Waals surface area contributed by atoms with Gasteiger partial charge < -0.3 is 5.11 Å². The number of aromatic carboxylic acids is 1. The monoisotopic (exact) mass is 283 g/mol. The van der Waals surface area contributed by atoms with Crippen LogP contribution in [0, 0.1) is 6.92 Å². The van der Waals surface area contributed by atoms with Gasteiger partial charge in [-0.1, -0.05) is 24.3 Å². The van der Waals surface area contributed by atoms with Crippen LogP contribution in [0.1, 0.15) is 26.5 Å². The van der Waals surface area contributed by atoms with Crippen LogP contribution in [0.15, 0.2) is 42.5 Å². The van der Waals surface area contributed by atoms with Gasteiger partial charge in [-0.25, -0.2) is 9.78 Å². The summed E-state index contributed by atoms with van der Waals surface area (Å²) in [4.78, 5) is 15.5. The third kappa shape index (κ3) is 2.42. The van der Waals surface area contributed by atoms with Crippen LogP contribution in [0.4, 0.5) is 0 Å². The second kappa shape index (κ2) is 5.06. The quantitative estimate of drug-likeness (QED) is 0.793. The molecule has 0 spiro atoms. The number of carbonyl (C=O) groups is 1. The van der Waals surface area contributed by atoms with Crippen LogP contribution in [-0.4, -0.2) is 16.1 Å². The number of nitrogens with zero attached hydrogens (tertiary/aromatic N) is 1. The van der Waals surface area contributed by atoms with E-state index in [1.165, 1.54) is 11.1 Å². The van der Waals surface area contributed by atoms with Gasteiger partial charge >= 0.3 is 5.97 Å². The Morgan fingerprint density at radius 3 is 2.80 bits per heavy atom. The van der Waals surface area contributed by atoms with E-state index in [0.717, 1.165) is 21.6 Å². The molecule has 2 aromatic carbocycles. The number of benzene rings is 2. The van der Waals surface area contributed by atoms with Crippen LogP contribution in [0.5, 0.6) is 0 Å². The molecule has 3 aromatic rings. The SMILES string of the molecule is Cc1ccccc1Cc1nc2ccc(C(=O)O)cc2s1. The fraction of sp³-hybridized carbons (Fsp3) is 0.125. The summed E-state index contributed by atoms with van der Waals surface area (Å²) in [6.07, 6.45) is 0.786. The molecule has 0 bridgehead atoms. The molecule has 0 aliphatic heterocycles. The normalized spacial score (nSPS) is 10.8. The van der Waals surface area contributed by atoms with Gasteiger partial charge in [0.05, 0.1) is 20.8 Å². The first kappa shape index (κ1) is 12.8. The molecule has 20 heavy (non-hydrogen) atoms. The molecule has 0 saturated heterocycles. The molecule has 100 valence electrons. The third-order valence-corrected chi connectivity index (χ3v) is 4.30. The van der Waals surface area contributed by atoms with Crippen LogP contribution in [0.2, 0.25) is 0 Å². The zero-order chi connectivity index (χ0) is 14.1. The van der Waals surface area contributed by atoms with Crippen molar-refractivity contribution in [2.75, 3.05) is 0 Å². The first-order valence-electron chi connectivity index (χ1n) is 6.31. The fourth-order valence-electron chi connectivity index (χ4n) is 2.15. The Hall–Kier alpha value is -2.20. The largest absolute Gasteiger partial charge is 0.478 e. The topological polar surface area (TPSA) is 50.2 Å². The van der Waals surface area contributed by atoms with Gasteiger partial charge in [0.1, 0.15) is 0 Å². The number of fused-ring (bicyclic) bond motifs is 1. The molecule has 1 heterocycles. The standard InChI is InChI=1S/C16H13NO2S/c1-10-4-2-3-5-11(10)9-15-17-13-7-6-12(16(18)19)8-14(13)20-15/h2-8H,9H2,1H3,(H,18,19). The molecule has 0 saturated carbocycles. The maximum Gasteiger partial charge on any atom is 0.335 e. The molecule has 3 rings (SSSR count). The van der Waals surface area contributed by atoms with Crippen LogP contribution in [-0.2, 0) is 6.42 Å². The minimum Gasteiger partial charge on any atom is -0.478 e. The van der Waals surface area contributed by atoms with E-state index in [1.54, 1.807) is 29.5 Å². The Kier molecular flexibility index (Phi) is 3.24. The molecule has 1 aromatic heterocycles. The minimum absolute atomic E-state index is 0.309. The van der Waals surface area contributed by atoms with E-state index in [9.17, 15) is 4.79 Å². The molecule has 0 amide bonds. The number of hydrogen-bond acceptors (Lipinski definition) is 3. The number of thiazole rings is 1. The van der Waals surface area contributed by atoms with Gasteiger partial charge in [0.15, 0.2) is 0 Å². The number of carboxylic acid groups (broad SMARTS) is 1. The van der Waals surface area contributed by atoms with E-state index >= 15 is 0 Å². The minimum atomic E-state index is -0.902. The summed E-state index contributed by atoms with van der Waals surface area (Å²) in [6.45, 7) is 2.09. The average Bonchev–Trinajstić information content (AvgIpc) is 2.82. The first-order valence-corrected chi connectivity index (χ1v) is 7.12. The second-order valence-electron chi connectivity index (χ2n) is 4.70. The molecular formula is C16H13NO2S. The lowest BCUT2D eigenvalue weighted by molar-refractivity contribution is 0.0697. The lowest BCUT2D eigenvalue weighted by Crippen LogP contribution is -1.94. The molecule has 0 aliphatic carbocycles. The van der Waals surface area contributed by atoms with Crippen LogP contribution in [0.25, 0.3) is 10.2 Å². The maximum atomic E-state index is 11.0. The van der Waals surface area contributed by atoms with Gasteiger partial charge in [0.2, 0.25) is 0 Å². The summed E-state index contributed by atoms with van der Waals surface area (Å²) in [6, 6.07) is 13.3.